The van der Waals surface area contributed by atoms with E-state index in [1.807, 2.05) is 31.2 Å². The molecule has 0 heterocycles. The predicted octanol–water partition coefficient (Wildman–Crippen LogP) is 3.19. The van der Waals surface area contributed by atoms with Crippen LogP contribution in [0.2, 0.25) is 0 Å². The molecule has 1 N–H and O–H groups in total. The third kappa shape index (κ3) is 5.47. The Balaban J connectivity index is 1.90. The molecule has 2 rings (SSSR count). The maximum absolute atomic E-state index is 11.9. The second-order valence-electron chi connectivity index (χ2n) is 4.93. The van der Waals surface area contributed by atoms with Crippen LogP contribution in [0, 0.1) is 0 Å². The van der Waals surface area contributed by atoms with Crippen molar-refractivity contribution in [3.8, 4) is 11.5 Å². The van der Waals surface area contributed by atoms with E-state index in [2.05, 4.69) is 5.32 Å². The molecule has 2 aromatic carbocycles. The predicted molar refractivity (Wildman–Crippen MR) is 87.7 cm³/mol. The molecule has 1 amide bonds. The highest BCUT2D eigenvalue weighted by Crippen LogP contribution is 2.17. The Kier molecular flexibility index (Phi) is 5.74. The minimum Gasteiger partial charge on any atom is -0.494 e. The van der Waals surface area contributed by atoms with Gasteiger partial charge < -0.3 is 14.8 Å². The van der Waals surface area contributed by atoms with Crippen LogP contribution in [-0.4, -0.2) is 18.5 Å². The first-order valence-corrected chi connectivity index (χ1v) is 7.37. The van der Waals surface area contributed by atoms with E-state index >= 15 is 0 Å². The lowest BCUT2D eigenvalue weighted by Gasteiger charge is -2.07. The summed E-state index contributed by atoms with van der Waals surface area (Å²) in [7, 11) is 0. The molecular weight excluding hydrogens is 294 g/mol. The van der Waals surface area contributed by atoms with Crippen LogP contribution in [0.4, 0.5) is 5.69 Å². The molecule has 0 bridgehead atoms. The van der Waals surface area contributed by atoms with Gasteiger partial charge in [-0.1, -0.05) is 12.1 Å². The maximum atomic E-state index is 11.9. The van der Waals surface area contributed by atoms with Crippen molar-refractivity contribution in [3.05, 3.63) is 54.1 Å². The van der Waals surface area contributed by atoms with Gasteiger partial charge >= 0.3 is 5.97 Å². The van der Waals surface area contributed by atoms with Crippen molar-refractivity contribution >= 4 is 17.6 Å². The fraction of sp³-hybridized carbons (Fsp3) is 0.222. The summed E-state index contributed by atoms with van der Waals surface area (Å²) in [5.74, 6) is 0.722. The Labute approximate surface area is 135 Å². The van der Waals surface area contributed by atoms with Gasteiger partial charge in [-0.25, -0.2) is 0 Å². The summed E-state index contributed by atoms with van der Waals surface area (Å²) in [5.41, 5.74) is 1.51. The third-order valence-electron chi connectivity index (χ3n) is 2.99. The zero-order chi connectivity index (χ0) is 16.7. The Morgan fingerprint density at radius 3 is 2.13 bits per heavy atom. The van der Waals surface area contributed by atoms with Crippen molar-refractivity contribution in [2.45, 2.75) is 20.3 Å². The summed E-state index contributed by atoms with van der Waals surface area (Å²) < 4.78 is 10.6. The number of hydrogen-bond donors (Lipinski definition) is 1. The molecule has 0 atom stereocenters. The molecule has 23 heavy (non-hydrogen) atoms. The van der Waals surface area contributed by atoms with Crippen molar-refractivity contribution in [2.75, 3.05) is 11.9 Å². The van der Waals surface area contributed by atoms with Gasteiger partial charge in [-0.05, 0) is 48.9 Å². The van der Waals surface area contributed by atoms with E-state index in [9.17, 15) is 9.59 Å². The number of esters is 1. The Hall–Kier alpha value is -2.82. The lowest BCUT2D eigenvalue weighted by atomic mass is 10.1. The lowest BCUT2D eigenvalue weighted by molar-refractivity contribution is -0.133. The lowest BCUT2D eigenvalue weighted by Crippen LogP contribution is -2.11. The van der Waals surface area contributed by atoms with Gasteiger partial charge in [0.25, 0.3) is 0 Å². The van der Waals surface area contributed by atoms with Crippen molar-refractivity contribution in [2.24, 2.45) is 0 Å². The van der Waals surface area contributed by atoms with Crippen molar-refractivity contribution < 1.29 is 19.1 Å². The number of carbonyl (C=O) groups is 2. The SMILES string of the molecule is CCOc1ccc(CC(=O)Oc2ccc(NC(C)=O)cc2)cc1. The van der Waals surface area contributed by atoms with Crippen LogP contribution in [0.15, 0.2) is 48.5 Å². The molecule has 0 radical (unpaired) electrons. The van der Waals surface area contributed by atoms with Crippen molar-refractivity contribution in [1.82, 2.24) is 0 Å². The first kappa shape index (κ1) is 16.5. The number of hydrogen-bond acceptors (Lipinski definition) is 4. The Morgan fingerprint density at radius 1 is 0.957 bits per heavy atom. The third-order valence-corrected chi connectivity index (χ3v) is 2.99. The van der Waals surface area contributed by atoms with Gasteiger partial charge in [-0.2, -0.15) is 0 Å². The van der Waals surface area contributed by atoms with Gasteiger partial charge in [-0.3, -0.25) is 9.59 Å². The minimum absolute atomic E-state index is 0.148. The summed E-state index contributed by atoms with van der Waals surface area (Å²) in [6, 6.07) is 14.0. The first-order chi connectivity index (χ1) is 11.1. The summed E-state index contributed by atoms with van der Waals surface area (Å²) >= 11 is 0. The van der Waals surface area contributed by atoms with Crippen molar-refractivity contribution in [3.63, 3.8) is 0 Å². The van der Waals surface area contributed by atoms with Gasteiger partial charge in [0.2, 0.25) is 5.91 Å². The summed E-state index contributed by atoms with van der Waals surface area (Å²) in [4.78, 5) is 22.9. The van der Waals surface area contributed by atoms with Crippen LogP contribution in [0.1, 0.15) is 19.4 Å². The van der Waals surface area contributed by atoms with Gasteiger partial charge in [0, 0.05) is 12.6 Å². The molecule has 0 fully saturated rings. The van der Waals surface area contributed by atoms with E-state index in [-0.39, 0.29) is 18.3 Å². The van der Waals surface area contributed by atoms with Gasteiger partial charge in [0.1, 0.15) is 11.5 Å². The summed E-state index contributed by atoms with van der Waals surface area (Å²) in [6.45, 7) is 3.96. The second kappa shape index (κ2) is 7.98. The number of rotatable bonds is 6. The highest BCUT2D eigenvalue weighted by molar-refractivity contribution is 5.88. The Bertz CT molecular complexity index is 662. The maximum Gasteiger partial charge on any atom is 0.315 e. The van der Waals surface area contributed by atoms with E-state index in [1.165, 1.54) is 6.92 Å². The molecule has 2 aromatic rings. The second-order valence-corrected chi connectivity index (χ2v) is 4.93. The Morgan fingerprint density at radius 2 is 1.57 bits per heavy atom. The largest absolute Gasteiger partial charge is 0.494 e. The quantitative estimate of drug-likeness (QED) is 0.657. The molecular formula is C18H19NO4. The van der Waals surface area contributed by atoms with E-state index in [0.29, 0.717) is 18.0 Å². The van der Waals surface area contributed by atoms with Crippen LogP contribution in [0.25, 0.3) is 0 Å². The molecule has 0 saturated carbocycles. The number of nitrogens with one attached hydrogen (secondary N) is 1. The average molecular weight is 313 g/mol. The average Bonchev–Trinajstić information content (AvgIpc) is 2.51. The van der Waals surface area contributed by atoms with Gasteiger partial charge in [-0.15, -0.1) is 0 Å². The highest BCUT2D eigenvalue weighted by atomic mass is 16.5. The summed E-state index contributed by atoms with van der Waals surface area (Å²) in [5, 5.41) is 2.65. The zero-order valence-electron chi connectivity index (χ0n) is 13.2. The van der Waals surface area contributed by atoms with Crippen LogP contribution < -0.4 is 14.8 Å². The van der Waals surface area contributed by atoms with E-state index in [1.54, 1.807) is 24.3 Å². The van der Waals surface area contributed by atoms with Crippen molar-refractivity contribution in [1.29, 1.82) is 0 Å². The fourth-order valence-electron chi connectivity index (χ4n) is 2.01. The summed E-state index contributed by atoms with van der Waals surface area (Å²) in [6.07, 6.45) is 0.180. The first-order valence-electron chi connectivity index (χ1n) is 7.37. The van der Waals surface area contributed by atoms with E-state index < -0.39 is 0 Å². The number of carbonyl (C=O) groups excluding carboxylic acids is 2. The molecule has 0 aromatic heterocycles. The number of benzene rings is 2. The molecule has 0 aliphatic carbocycles. The highest BCUT2D eigenvalue weighted by Gasteiger charge is 2.07. The molecule has 0 aliphatic rings. The van der Waals surface area contributed by atoms with Crippen LogP contribution in [0.3, 0.4) is 0 Å². The number of amides is 1. The monoisotopic (exact) mass is 313 g/mol. The van der Waals surface area contributed by atoms with Gasteiger partial charge in [0.15, 0.2) is 0 Å². The zero-order valence-corrected chi connectivity index (χ0v) is 13.2. The normalized spacial score (nSPS) is 10.0. The van der Waals surface area contributed by atoms with Crippen LogP contribution in [-0.2, 0) is 16.0 Å². The van der Waals surface area contributed by atoms with E-state index in [0.717, 1.165) is 11.3 Å². The van der Waals surface area contributed by atoms with Crippen LogP contribution in [0.5, 0.6) is 11.5 Å². The van der Waals surface area contributed by atoms with Gasteiger partial charge in [0.05, 0.1) is 13.0 Å². The number of anilines is 1. The number of ether oxygens (including phenoxy) is 2. The van der Waals surface area contributed by atoms with Crippen LogP contribution >= 0.6 is 0 Å². The molecule has 5 nitrogen and oxygen atoms in total. The molecule has 120 valence electrons. The molecule has 0 aliphatic heterocycles. The molecule has 0 saturated heterocycles. The van der Waals surface area contributed by atoms with E-state index in [4.69, 9.17) is 9.47 Å². The fourth-order valence-corrected chi connectivity index (χ4v) is 2.01. The topological polar surface area (TPSA) is 64.6 Å². The molecule has 0 unspecified atom stereocenters. The minimum atomic E-state index is -0.346. The smallest absolute Gasteiger partial charge is 0.315 e. The standard InChI is InChI=1S/C18H19NO4/c1-3-22-16-8-4-14(5-9-16)12-18(21)23-17-10-6-15(7-11-17)19-13(2)20/h4-11H,3,12H2,1-2H3,(H,19,20). The molecule has 0 spiro atoms. The molecule has 5 heteroatoms.